The molecule has 1 aromatic carbocycles. The molecule has 5 unspecified atom stereocenters. The van der Waals surface area contributed by atoms with Gasteiger partial charge in [0.15, 0.2) is 6.10 Å². The zero-order valence-corrected chi connectivity index (χ0v) is 34.7. The van der Waals surface area contributed by atoms with E-state index in [-0.39, 0.29) is 44.0 Å². The number of amides is 5. The van der Waals surface area contributed by atoms with Gasteiger partial charge in [-0.25, -0.2) is 10.6 Å². The minimum absolute atomic E-state index is 0.0274. The lowest BCUT2D eigenvalue weighted by molar-refractivity contribution is -0.166. The van der Waals surface area contributed by atoms with E-state index in [2.05, 4.69) is 16.0 Å². The van der Waals surface area contributed by atoms with Gasteiger partial charge in [-0.1, -0.05) is 33.8 Å². The normalized spacial score (nSPS) is 19.2. The second kappa shape index (κ2) is 22.3. The Balaban J connectivity index is 1.67. The Kier molecular flexibility index (Phi) is 18.2. The first kappa shape index (κ1) is 48.9. The molecule has 1 saturated heterocycles. The summed E-state index contributed by atoms with van der Waals surface area (Å²) in [5.74, 6) is -0.897. The highest BCUT2D eigenvalue weighted by Crippen LogP contribution is 2.26. The van der Waals surface area contributed by atoms with Crippen LogP contribution < -0.4 is 27.5 Å². The summed E-state index contributed by atoms with van der Waals surface area (Å²) in [5.41, 5.74) is 7.59. The van der Waals surface area contributed by atoms with E-state index in [0.29, 0.717) is 29.7 Å². The Labute approximate surface area is 347 Å². The van der Waals surface area contributed by atoms with Gasteiger partial charge in [0.1, 0.15) is 12.6 Å². The van der Waals surface area contributed by atoms with Gasteiger partial charge >= 0.3 is 11.9 Å². The number of benzene rings is 1. The summed E-state index contributed by atoms with van der Waals surface area (Å²) in [6, 6.07) is 2.32. The maximum Gasteiger partial charge on any atom is 0.332 e. The summed E-state index contributed by atoms with van der Waals surface area (Å²) in [6.45, 7) is 5.95. The lowest BCUT2D eigenvalue weighted by Crippen LogP contribution is -2.53. The summed E-state index contributed by atoms with van der Waals surface area (Å²) >= 11 is 0. The number of imide groups is 1. The molecule has 0 radical (unpaired) electrons. The van der Waals surface area contributed by atoms with Crippen LogP contribution >= 0.6 is 0 Å². The predicted octanol–water partition coefficient (Wildman–Crippen LogP) is -0.556. The molecule has 0 saturated carbocycles. The van der Waals surface area contributed by atoms with Crippen molar-refractivity contribution in [2.24, 2.45) is 23.4 Å². The maximum atomic E-state index is 13.4. The summed E-state index contributed by atoms with van der Waals surface area (Å²) in [4.78, 5) is 89.3. The van der Waals surface area contributed by atoms with Gasteiger partial charge < -0.3 is 46.4 Å². The number of hydrazine groups is 1. The minimum atomic E-state index is -4.26. The van der Waals surface area contributed by atoms with Crippen LogP contribution in [0.4, 0.5) is 5.69 Å². The lowest BCUT2D eigenvalue weighted by atomic mass is 9.94. The number of rotatable bonds is 22. The van der Waals surface area contributed by atoms with Crippen LogP contribution in [0, 0.1) is 11.8 Å². The molecular formula is C38H55N7O14S. The number of nitrogens with zero attached hydrogens (tertiary/aromatic N) is 2. The summed E-state index contributed by atoms with van der Waals surface area (Å²) < 4.78 is 42.1. The third kappa shape index (κ3) is 15.6. The van der Waals surface area contributed by atoms with E-state index in [4.69, 9.17) is 25.6 Å². The van der Waals surface area contributed by atoms with Crippen molar-refractivity contribution < 1.29 is 66.2 Å². The van der Waals surface area contributed by atoms with Crippen LogP contribution in [-0.4, -0.2) is 124 Å². The first-order valence-corrected chi connectivity index (χ1v) is 20.9. The summed E-state index contributed by atoms with van der Waals surface area (Å²) in [6.07, 6.45) is 0.642. The smallest absolute Gasteiger partial charge is 0.332 e. The van der Waals surface area contributed by atoms with Gasteiger partial charge in [-0.15, -0.1) is 0 Å². The number of anilines is 1. The van der Waals surface area contributed by atoms with E-state index < -0.39 is 107 Å². The molecular weight excluding hydrogens is 811 g/mol. The molecule has 22 heteroatoms. The van der Waals surface area contributed by atoms with Crippen molar-refractivity contribution in [3.63, 3.8) is 0 Å². The molecule has 0 aliphatic carbocycles. The van der Waals surface area contributed by atoms with Crippen LogP contribution in [0.1, 0.15) is 70.9 Å². The van der Waals surface area contributed by atoms with Crippen LogP contribution in [0.5, 0.6) is 0 Å². The van der Waals surface area contributed by atoms with Gasteiger partial charge in [0.05, 0.1) is 42.9 Å². The van der Waals surface area contributed by atoms with Crippen molar-refractivity contribution in [1.29, 1.82) is 0 Å². The highest BCUT2D eigenvalue weighted by molar-refractivity contribution is 7.85. The Morgan fingerprint density at radius 3 is 2.32 bits per heavy atom. The van der Waals surface area contributed by atoms with Crippen LogP contribution in [0.3, 0.4) is 0 Å². The number of aliphatic hydroxyl groups is 1. The summed E-state index contributed by atoms with van der Waals surface area (Å²) in [5, 5.41) is 28.3. The van der Waals surface area contributed by atoms with Gasteiger partial charge in [-0.3, -0.25) is 38.2 Å². The maximum absolute atomic E-state index is 13.4. The van der Waals surface area contributed by atoms with Gasteiger partial charge in [-0.2, -0.15) is 8.42 Å². The number of ether oxygens (including phenoxy) is 2. The number of hydrogen-bond donors (Lipinski definition) is 8. The number of carboxylic acid groups (broad SMARTS) is 1. The van der Waals surface area contributed by atoms with Crippen LogP contribution in [-0.2, 0) is 66.2 Å². The Hall–Kier alpha value is -5.42. The molecule has 0 bridgehead atoms. The van der Waals surface area contributed by atoms with Gasteiger partial charge in [0.25, 0.3) is 21.9 Å². The Morgan fingerprint density at radius 2 is 1.72 bits per heavy atom. The molecule has 2 aliphatic rings. The van der Waals surface area contributed by atoms with E-state index >= 15 is 0 Å². The molecule has 1 aromatic rings. The molecule has 2 heterocycles. The number of nitrogens with one attached hydrogen (secondary N) is 3. The van der Waals surface area contributed by atoms with E-state index in [1.807, 2.05) is 0 Å². The lowest BCUT2D eigenvalue weighted by Gasteiger charge is -2.31. The van der Waals surface area contributed by atoms with Gasteiger partial charge in [-0.05, 0) is 54.9 Å². The quantitative estimate of drug-likeness (QED) is 0.0238. The fourth-order valence-electron chi connectivity index (χ4n) is 6.32. The first-order valence-electron chi connectivity index (χ1n) is 19.2. The second-order valence-electron chi connectivity index (χ2n) is 15.2. The molecule has 2 aliphatic heterocycles. The third-order valence-corrected chi connectivity index (χ3v) is 10.3. The molecule has 0 aromatic heterocycles. The molecule has 0 spiro atoms. The fourth-order valence-corrected chi connectivity index (χ4v) is 6.81. The zero-order valence-electron chi connectivity index (χ0n) is 33.9. The standard InChI is InChI=1S/C38H55N7O14S/c1-21(2)35(43-31(47)17-29(45-33(49)10-11-34(45)50)28(39)19-44(40)12-5-13-60(55,56)57)36(51)41-18-32(48)42-25-8-6-24(20-58-38(54)22(3)4)23(14-25)7-9-27-15-26(46)16-30(59-27)37(52)53/h6,8,10-11,14,19,21-22,26-27,29-30,35,46H,5,7,9,12-13,15-18,20,39-40H2,1-4H3,(H,41,51)(H,42,48)(H,43,47)(H,52,53)(H,55,56,57)/b28-19-. The molecule has 1 fully saturated rings. The Morgan fingerprint density at radius 1 is 1.05 bits per heavy atom. The molecule has 332 valence electrons. The van der Waals surface area contributed by atoms with Crippen molar-refractivity contribution in [1.82, 2.24) is 20.5 Å². The van der Waals surface area contributed by atoms with Gasteiger partial charge in [0, 0.05) is 42.7 Å². The topological polar surface area (TPSA) is 327 Å². The average molecular weight is 866 g/mol. The molecule has 5 amide bonds. The number of nitrogens with two attached hydrogens (primary N) is 2. The SMILES string of the molecule is CC(C)C(=O)OCc1ccc(NC(=O)CNC(=O)C(NC(=O)CC(/C(N)=C/N(N)CCCS(=O)(=O)O)N2C(=O)C=CC2=O)C(C)C)cc1CCC1CC(O)CC(C(=O)O)O1. The van der Waals surface area contributed by atoms with E-state index in [1.54, 1.807) is 45.9 Å². The highest BCUT2D eigenvalue weighted by Gasteiger charge is 2.36. The van der Waals surface area contributed by atoms with Crippen molar-refractivity contribution in [2.45, 2.75) is 103 Å². The van der Waals surface area contributed by atoms with E-state index in [9.17, 15) is 52.2 Å². The fraction of sp³-hybridized carbons (Fsp3) is 0.553. The van der Waals surface area contributed by atoms with Crippen molar-refractivity contribution >= 4 is 57.3 Å². The van der Waals surface area contributed by atoms with Crippen LogP contribution in [0.25, 0.3) is 0 Å². The summed E-state index contributed by atoms with van der Waals surface area (Å²) in [7, 11) is -4.26. The first-order chi connectivity index (χ1) is 28.0. The van der Waals surface area contributed by atoms with Crippen molar-refractivity contribution in [3.8, 4) is 0 Å². The van der Waals surface area contributed by atoms with Crippen molar-refractivity contribution in [3.05, 3.63) is 53.4 Å². The molecule has 3 rings (SSSR count). The minimum Gasteiger partial charge on any atom is -0.479 e. The number of aryl methyl sites for hydroxylation is 1. The number of esters is 1. The van der Waals surface area contributed by atoms with E-state index in [0.717, 1.165) is 28.3 Å². The number of aliphatic carboxylic acids is 1. The van der Waals surface area contributed by atoms with Gasteiger partial charge in [0.2, 0.25) is 17.7 Å². The number of aliphatic hydroxyl groups excluding tert-OH is 1. The van der Waals surface area contributed by atoms with Crippen molar-refractivity contribution in [2.75, 3.05) is 24.2 Å². The highest BCUT2D eigenvalue weighted by atomic mass is 32.2. The zero-order chi connectivity index (χ0) is 44.9. The third-order valence-electron chi connectivity index (χ3n) is 9.46. The van der Waals surface area contributed by atoms with Crippen LogP contribution in [0.15, 0.2) is 42.2 Å². The molecule has 5 atom stereocenters. The predicted molar refractivity (Wildman–Crippen MR) is 213 cm³/mol. The monoisotopic (exact) mass is 865 g/mol. The number of carbonyl (C=O) groups excluding carboxylic acids is 6. The largest absolute Gasteiger partial charge is 0.479 e. The van der Waals surface area contributed by atoms with Crippen LogP contribution in [0.2, 0.25) is 0 Å². The average Bonchev–Trinajstić information content (AvgIpc) is 3.48. The van der Waals surface area contributed by atoms with E-state index in [1.165, 1.54) is 0 Å². The number of hydrogen-bond acceptors (Lipinski definition) is 15. The molecule has 10 N–H and O–H groups in total. The number of carboxylic acids is 1. The Bertz CT molecular complexity index is 1920. The molecule has 21 nitrogen and oxygen atoms in total. The molecule has 60 heavy (non-hydrogen) atoms. The second-order valence-corrected chi connectivity index (χ2v) is 16.7. The number of carbonyl (C=O) groups is 7.